The van der Waals surface area contributed by atoms with Crippen molar-refractivity contribution in [3.05, 3.63) is 24.0 Å². The molecule has 2 aromatic rings. The highest BCUT2D eigenvalue weighted by molar-refractivity contribution is 7.91. The number of hydrogen-bond donors (Lipinski definition) is 1. The number of aryl methyl sites for hydroxylation is 1. The van der Waals surface area contributed by atoms with E-state index < -0.39 is 9.84 Å². The Hall–Kier alpha value is -1.44. The van der Waals surface area contributed by atoms with Gasteiger partial charge in [-0.2, -0.15) is 0 Å². The SMILES string of the molecule is COC(CN)Cc1nc2c(S(C)(=O)=O)cccc2n1C. The lowest BCUT2D eigenvalue weighted by Gasteiger charge is -2.12. The van der Waals surface area contributed by atoms with Gasteiger partial charge in [-0.25, -0.2) is 13.4 Å². The monoisotopic (exact) mass is 297 g/mol. The first-order valence-corrected chi connectivity index (χ1v) is 8.15. The second-order valence-corrected chi connectivity index (χ2v) is 6.76. The first-order valence-electron chi connectivity index (χ1n) is 6.25. The lowest BCUT2D eigenvalue weighted by Crippen LogP contribution is -2.25. The summed E-state index contributed by atoms with van der Waals surface area (Å²) in [6, 6.07) is 5.15. The first-order chi connectivity index (χ1) is 9.38. The van der Waals surface area contributed by atoms with Crippen molar-refractivity contribution in [2.45, 2.75) is 17.4 Å². The third-order valence-corrected chi connectivity index (χ3v) is 4.50. The fraction of sp³-hybridized carbons (Fsp3) is 0.462. The molecule has 0 amide bonds. The minimum Gasteiger partial charge on any atom is -0.380 e. The summed E-state index contributed by atoms with van der Waals surface area (Å²) in [7, 11) is 0.156. The molecule has 0 saturated heterocycles. The molecule has 0 radical (unpaired) electrons. The Morgan fingerprint density at radius 1 is 1.45 bits per heavy atom. The predicted octanol–water partition coefficient (Wildman–Crippen LogP) is 0.493. The van der Waals surface area contributed by atoms with Gasteiger partial charge in [0.05, 0.1) is 16.5 Å². The van der Waals surface area contributed by atoms with Gasteiger partial charge in [-0.15, -0.1) is 0 Å². The summed E-state index contributed by atoms with van der Waals surface area (Å²) >= 11 is 0. The molecule has 0 aliphatic heterocycles. The van der Waals surface area contributed by atoms with Gasteiger partial charge in [0.15, 0.2) is 9.84 Å². The summed E-state index contributed by atoms with van der Waals surface area (Å²) in [6.45, 7) is 0.388. The zero-order valence-corrected chi connectivity index (χ0v) is 12.6. The van der Waals surface area contributed by atoms with Crippen molar-refractivity contribution in [3.8, 4) is 0 Å². The van der Waals surface area contributed by atoms with E-state index in [9.17, 15) is 8.42 Å². The van der Waals surface area contributed by atoms with Crippen LogP contribution in [0, 0.1) is 0 Å². The number of sulfone groups is 1. The fourth-order valence-electron chi connectivity index (χ4n) is 2.19. The number of para-hydroxylation sites is 1. The Morgan fingerprint density at radius 2 is 2.15 bits per heavy atom. The lowest BCUT2D eigenvalue weighted by atomic mass is 10.2. The number of hydrogen-bond acceptors (Lipinski definition) is 5. The molecule has 6 nitrogen and oxygen atoms in total. The van der Waals surface area contributed by atoms with Crippen LogP contribution in [-0.4, -0.2) is 44.0 Å². The zero-order valence-electron chi connectivity index (χ0n) is 11.8. The van der Waals surface area contributed by atoms with E-state index in [4.69, 9.17) is 10.5 Å². The van der Waals surface area contributed by atoms with Gasteiger partial charge >= 0.3 is 0 Å². The Morgan fingerprint density at radius 3 is 2.70 bits per heavy atom. The molecule has 1 heterocycles. The molecule has 2 rings (SSSR count). The fourth-order valence-corrected chi connectivity index (χ4v) is 3.01. The average molecular weight is 297 g/mol. The van der Waals surface area contributed by atoms with Crippen LogP contribution in [0.5, 0.6) is 0 Å². The van der Waals surface area contributed by atoms with Gasteiger partial charge in [-0.1, -0.05) is 6.07 Å². The number of benzene rings is 1. The van der Waals surface area contributed by atoms with E-state index >= 15 is 0 Å². The highest BCUT2D eigenvalue weighted by atomic mass is 32.2. The normalized spacial score (nSPS) is 13.8. The molecule has 0 spiro atoms. The van der Waals surface area contributed by atoms with Crippen molar-refractivity contribution in [2.24, 2.45) is 12.8 Å². The van der Waals surface area contributed by atoms with Crippen molar-refractivity contribution in [3.63, 3.8) is 0 Å². The van der Waals surface area contributed by atoms with Crippen LogP contribution in [0.3, 0.4) is 0 Å². The van der Waals surface area contributed by atoms with E-state index in [1.54, 1.807) is 19.2 Å². The van der Waals surface area contributed by atoms with E-state index in [0.29, 0.717) is 18.5 Å². The van der Waals surface area contributed by atoms with Gasteiger partial charge in [-0.05, 0) is 12.1 Å². The molecule has 1 aromatic heterocycles. The van der Waals surface area contributed by atoms with Crippen LogP contribution in [0.2, 0.25) is 0 Å². The predicted molar refractivity (Wildman–Crippen MR) is 77.4 cm³/mol. The third-order valence-electron chi connectivity index (χ3n) is 3.37. The molecule has 0 fully saturated rings. The lowest BCUT2D eigenvalue weighted by molar-refractivity contribution is 0.108. The van der Waals surface area contributed by atoms with Crippen molar-refractivity contribution in [1.29, 1.82) is 0 Å². The molecular weight excluding hydrogens is 278 g/mol. The van der Waals surface area contributed by atoms with Gasteiger partial charge < -0.3 is 15.0 Å². The van der Waals surface area contributed by atoms with Crippen molar-refractivity contribution >= 4 is 20.9 Å². The Bertz CT molecular complexity index is 718. The Balaban J connectivity index is 2.58. The molecule has 110 valence electrons. The number of ether oxygens (including phenoxy) is 1. The van der Waals surface area contributed by atoms with Gasteiger partial charge in [0.1, 0.15) is 11.3 Å². The summed E-state index contributed by atoms with van der Waals surface area (Å²) in [5.74, 6) is 0.758. The number of fused-ring (bicyclic) bond motifs is 1. The van der Waals surface area contributed by atoms with Crippen LogP contribution in [0.25, 0.3) is 11.0 Å². The Labute approximate surface area is 118 Å². The molecule has 1 atom stereocenters. The van der Waals surface area contributed by atoms with Crippen LogP contribution in [0.4, 0.5) is 0 Å². The second-order valence-electron chi connectivity index (χ2n) is 4.78. The molecule has 2 N–H and O–H groups in total. The molecule has 0 bridgehead atoms. The van der Waals surface area contributed by atoms with Crippen LogP contribution in [-0.2, 0) is 28.0 Å². The van der Waals surface area contributed by atoms with Crippen LogP contribution in [0.1, 0.15) is 5.82 Å². The van der Waals surface area contributed by atoms with E-state index in [1.807, 2.05) is 17.7 Å². The number of aromatic nitrogens is 2. The molecule has 0 aliphatic rings. The summed E-state index contributed by atoms with van der Waals surface area (Å²) < 4.78 is 30.8. The minimum absolute atomic E-state index is 0.132. The van der Waals surface area contributed by atoms with Gasteiger partial charge in [0, 0.05) is 33.4 Å². The highest BCUT2D eigenvalue weighted by Crippen LogP contribution is 2.23. The number of methoxy groups -OCH3 is 1. The number of rotatable bonds is 5. The topological polar surface area (TPSA) is 87.2 Å². The zero-order chi connectivity index (χ0) is 14.9. The van der Waals surface area contributed by atoms with E-state index in [2.05, 4.69) is 4.98 Å². The highest BCUT2D eigenvalue weighted by Gasteiger charge is 2.18. The average Bonchev–Trinajstić information content (AvgIpc) is 2.71. The maximum Gasteiger partial charge on any atom is 0.177 e. The molecule has 0 aliphatic carbocycles. The van der Waals surface area contributed by atoms with Crippen LogP contribution >= 0.6 is 0 Å². The quantitative estimate of drug-likeness (QED) is 0.868. The van der Waals surface area contributed by atoms with Gasteiger partial charge in [-0.3, -0.25) is 0 Å². The third kappa shape index (κ3) is 2.70. The molecule has 7 heteroatoms. The summed E-state index contributed by atoms with van der Waals surface area (Å²) in [5, 5.41) is 0. The van der Waals surface area contributed by atoms with Crippen molar-refractivity contribution < 1.29 is 13.2 Å². The molecule has 1 aromatic carbocycles. The number of nitrogens with zero attached hydrogens (tertiary/aromatic N) is 2. The maximum atomic E-state index is 11.8. The maximum absolute atomic E-state index is 11.8. The van der Waals surface area contributed by atoms with E-state index in [0.717, 1.165) is 11.3 Å². The summed E-state index contributed by atoms with van der Waals surface area (Å²) in [6.07, 6.45) is 1.60. The van der Waals surface area contributed by atoms with Crippen molar-refractivity contribution in [1.82, 2.24) is 9.55 Å². The smallest absolute Gasteiger partial charge is 0.177 e. The van der Waals surface area contributed by atoms with E-state index in [1.165, 1.54) is 6.26 Å². The molecule has 0 saturated carbocycles. The van der Waals surface area contributed by atoms with Crippen LogP contribution < -0.4 is 5.73 Å². The van der Waals surface area contributed by atoms with Crippen LogP contribution in [0.15, 0.2) is 23.1 Å². The summed E-state index contributed by atoms with van der Waals surface area (Å²) in [4.78, 5) is 4.71. The standard InChI is InChI=1S/C13H19N3O3S/c1-16-10-5-4-6-11(20(3,17)18)13(10)15-12(16)7-9(8-14)19-2/h4-6,9H,7-8,14H2,1-3H3. The molecular formula is C13H19N3O3S. The van der Waals surface area contributed by atoms with Gasteiger partial charge in [0.25, 0.3) is 0 Å². The summed E-state index contributed by atoms with van der Waals surface area (Å²) in [5.41, 5.74) is 6.90. The number of nitrogens with two attached hydrogens (primary N) is 1. The van der Waals surface area contributed by atoms with E-state index in [-0.39, 0.29) is 11.0 Å². The number of imidazole rings is 1. The minimum atomic E-state index is -3.30. The largest absolute Gasteiger partial charge is 0.380 e. The molecule has 20 heavy (non-hydrogen) atoms. The Kier molecular flexibility index (Phi) is 4.12. The first kappa shape index (κ1) is 15.0. The van der Waals surface area contributed by atoms with Gasteiger partial charge in [0.2, 0.25) is 0 Å². The second kappa shape index (κ2) is 5.51. The van der Waals surface area contributed by atoms with Crippen molar-refractivity contribution in [2.75, 3.05) is 19.9 Å². The molecule has 1 unspecified atom stereocenters.